The van der Waals surface area contributed by atoms with E-state index in [2.05, 4.69) is 31.4 Å². The Hall–Kier alpha value is -3.07. The average Bonchev–Trinajstić information content (AvgIpc) is 3.19. The van der Waals surface area contributed by atoms with Crippen molar-refractivity contribution in [1.82, 2.24) is 15.1 Å². The van der Waals surface area contributed by atoms with Gasteiger partial charge in [-0.15, -0.1) is 0 Å². The molecule has 0 atom stereocenters. The number of halogens is 3. The molecular formula is C20H17BrF2N4O2. The molecule has 0 saturated heterocycles. The van der Waals surface area contributed by atoms with Crippen LogP contribution in [0.25, 0.3) is 11.3 Å². The summed E-state index contributed by atoms with van der Waals surface area (Å²) in [6.45, 7) is 1.55. The number of nitrogens with zero attached hydrogens (tertiary/aromatic N) is 2. The van der Waals surface area contributed by atoms with Gasteiger partial charge in [0.05, 0.1) is 5.69 Å². The fourth-order valence-electron chi connectivity index (χ4n) is 2.67. The van der Waals surface area contributed by atoms with Crippen molar-refractivity contribution >= 4 is 33.4 Å². The van der Waals surface area contributed by atoms with Crippen LogP contribution in [0.1, 0.15) is 17.4 Å². The molecule has 0 aliphatic carbocycles. The number of H-pyrrole nitrogens is 1. The van der Waals surface area contributed by atoms with E-state index in [1.807, 2.05) is 24.3 Å². The molecule has 0 fully saturated rings. The van der Waals surface area contributed by atoms with Crippen molar-refractivity contribution in [2.75, 3.05) is 18.4 Å². The smallest absolute Gasteiger partial charge is 0.272 e. The summed E-state index contributed by atoms with van der Waals surface area (Å²) in [4.78, 5) is 26.2. The zero-order valence-corrected chi connectivity index (χ0v) is 17.0. The van der Waals surface area contributed by atoms with Gasteiger partial charge in [-0.3, -0.25) is 14.7 Å². The zero-order chi connectivity index (χ0) is 21.0. The van der Waals surface area contributed by atoms with Gasteiger partial charge in [0.2, 0.25) is 5.91 Å². The van der Waals surface area contributed by atoms with E-state index in [1.165, 1.54) is 11.0 Å². The van der Waals surface area contributed by atoms with Crippen molar-refractivity contribution in [3.63, 3.8) is 0 Å². The standard InChI is InChI=1S/C20H17BrF2N4O2/c1-2-27(11-18(28)24-19-14(22)4-3-5-15(19)23)20(29)17-10-16(25-26-17)12-6-8-13(21)9-7-12/h3-10H,2,11H2,1H3,(H,24,28)(H,25,26). The zero-order valence-electron chi connectivity index (χ0n) is 15.4. The summed E-state index contributed by atoms with van der Waals surface area (Å²) < 4.78 is 28.3. The third kappa shape index (κ3) is 4.86. The number of nitrogens with one attached hydrogen (secondary N) is 2. The molecule has 1 heterocycles. The highest BCUT2D eigenvalue weighted by atomic mass is 79.9. The lowest BCUT2D eigenvalue weighted by molar-refractivity contribution is -0.116. The van der Waals surface area contributed by atoms with Gasteiger partial charge < -0.3 is 10.2 Å². The number of likely N-dealkylation sites (N-methyl/N-ethyl adjacent to an activating group) is 1. The minimum atomic E-state index is -0.888. The third-order valence-electron chi connectivity index (χ3n) is 4.18. The van der Waals surface area contributed by atoms with E-state index in [-0.39, 0.29) is 18.8 Å². The van der Waals surface area contributed by atoms with Crippen LogP contribution in [0.5, 0.6) is 0 Å². The molecule has 29 heavy (non-hydrogen) atoms. The summed E-state index contributed by atoms with van der Waals surface area (Å²) in [6, 6.07) is 12.3. The number of rotatable bonds is 6. The Morgan fingerprint density at radius 1 is 1.14 bits per heavy atom. The number of anilines is 1. The molecule has 2 amide bonds. The lowest BCUT2D eigenvalue weighted by Gasteiger charge is -2.19. The SMILES string of the molecule is CCN(CC(=O)Nc1c(F)cccc1F)C(=O)c1cc(-c2ccc(Br)cc2)n[nH]1. The largest absolute Gasteiger partial charge is 0.328 e. The van der Waals surface area contributed by atoms with Gasteiger partial charge in [0.15, 0.2) is 0 Å². The van der Waals surface area contributed by atoms with E-state index >= 15 is 0 Å². The lowest BCUT2D eigenvalue weighted by atomic mass is 10.1. The molecule has 0 bridgehead atoms. The Balaban J connectivity index is 1.70. The minimum absolute atomic E-state index is 0.203. The molecule has 0 unspecified atom stereocenters. The van der Waals surface area contributed by atoms with Gasteiger partial charge in [-0.25, -0.2) is 8.78 Å². The molecule has 9 heteroatoms. The van der Waals surface area contributed by atoms with Crippen LogP contribution in [-0.4, -0.2) is 40.0 Å². The van der Waals surface area contributed by atoms with E-state index in [1.54, 1.807) is 13.0 Å². The maximum atomic E-state index is 13.7. The van der Waals surface area contributed by atoms with Gasteiger partial charge in [0.25, 0.3) is 5.91 Å². The van der Waals surface area contributed by atoms with Crippen molar-refractivity contribution < 1.29 is 18.4 Å². The fourth-order valence-corrected chi connectivity index (χ4v) is 2.93. The monoisotopic (exact) mass is 462 g/mol. The minimum Gasteiger partial charge on any atom is -0.328 e. The van der Waals surface area contributed by atoms with E-state index < -0.39 is 29.1 Å². The van der Waals surface area contributed by atoms with Crippen molar-refractivity contribution in [3.05, 3.63) is 70.3 Å². The summed E-state index contributed by atoms with van der Waals surface area (Å²) >= 11 is 3.36. The van der Waals surface area contributed by atoms with Crippen LogP contribution < -0.4 is 5.32 Å². The molecule has 6 nitrogen and oxygen atoms in total. The topological polar surface area (TPSA) is 78.1 Å². The number of carbonyl (C=O) groups excluding carboxylic acids is 2. The summed E-state index contributed by atoms with van der Waals surface area (Å²) in [5, 5.41) is 8.98. The molecular weight excluding hydrogens is 446 g/mol. The third-order valence-corrected chi connectivity index (χ3v) is 4.71. The molecule has 3 aromatic rings. The summed E-state index contributed by atoms with van der Waals surface area (Å²) in [6.07, 6.45) is 0. The van der Waals surface area contributed by atoms with Gasteiger partial charge in [-0.2, -0.15) is 5.10 Å². The van der Waals surface area contributed by atoms with E-state index in [0.29, 0.717) is 5.69 Å². The van der Waals surface area contributed by atoms with Crippen molar-refractivity contribution in [3.8, 4) is 11.3 Å². The predicted molar refractivity (Wildman–Crippen MR) is 108 cm³/mol. The van der Waals surface area contributed by atoms with Gasteiger partial charge in [-0.05, 0) is 37.3 Å². The number of aromatic amines is 1. The first-order valence-corrected chi connectivity index (χ1v) is 9.52. The van der Waals surface area contributed by atoms with Gasteiger partial charge in [-0.1, -0.05) is 34.1 Å². The number of hydrogen-bond donors (Lipinski definition) is 2. The molecule has 0 radical (unpaired) electrons. The van der Waals surface area contributed by atoms with Crippen molar-refractivity contribution in [2.45, 2.75) is 6.92 Å². The molecule has 0 saturated carbocycles. The van der Waals surface area contributed by atoms with Gasteiger partial charge in [0.1, 0.15) is 29.6 Å². The number of para-hydroxylation sites is 1. The van der Waals surface area contributed by atoms with Crippen LogP contribution in [-0.2, 0) is 4.79 Å². The van der Waals surface area contributed by atoms with Crippen LogP contribution in [0, 0.1) is 11.6 Å². The molecule has 2 N–H and O–H groups in total. The number of benzene rings is 2. The van der Waals surface area contributed by atoms with Crippen molar-refractivity contribution in [1.29, 1.82) is 0 Å². The lowest BCUT2D eigenvalue weighted by Crippen LogP contribution is -2.38. The molecule has 0 aliphatic rings. The number of carbonyl (C=O) groups is 2. The highest BCUT2D eigenvalue weighted by molar-refractivity contribution is 9.10. The highest BCUT2D eigenvalue weighted by Gasteiger charge is 2.21. The Bertz CT molecular complexity index is 1020. The number of hydrogen-bond acceptors (Lipinski definition) is 3. The second-order valence-electron chi connectivity index (χ2n) is 6.14. The van der Waals surface area contributed by atoms with Crippen LogP contribution >= 0.6 is 15.9 Å². The quantitative estimate of drug-likeness (QED) is 0.575. The Labute approximate surface area is 174 Å². The first-order valence-electron chi connectivity index (χ1n) is 8.73. The first kappa shape index (κ1) is 20.7. The molecule has 0 spiro atoms. The number of aromatic nitrogens is 2. The maximum Gasteiger partial charge on any atom is 0.272 e. The van der Waals surface area contributed by atoms with E-state index in [0.717, 1.165) is 22.2 Å². The van der Waals surface area contributed by atoms with Gasteiger partial charge >= 0.3 is 0 Å². The van der Waals surface area contributed by atoms with Crippen LogP contribution in [0.15, 0.2) is 53.0 Å². The maximum absolute atomic E-state index is 13.7. The molecule has 0 aliphatic heterocycles. The Morgan fingerprint density at radius 2 is 1.79 bits per heavy atom. The number of amides is 2. The normalized spacial score (nSPS) is 10.6. The van der Waals surface area contributed by atoms with E-state index in [9.17, 15) is 18.4 Å². The highest BCUT2D eigenvalue weighted by Crippen LogP contribution is 2.21. The van der Waals surface area contributed by atoms with Crippen LogP contribution in [0.3, 0.4) is 0 Å². The first-order chi connectivity index (χ1) is 13.9. The second kappa shape index (κ2) is 8.95. The van der Waals surface area contributed by atoms with Crippen molar-refractivity contribution in [2.24, 2.45) is 0 Å². The average molecular weight is 463 g/mol. The summed E-state index contributed by atoms with van der Waals surface area (Å²) in [5.41, 5.74) is 1.06. The second-order valence-corrected chi connectivity index (χ2v) is 7.05. The Kier molecular flexibility index (Phi) is 6.38. The molecule has 3 rings (SSSR count). The fraction of sp³-hybridized carbons (Fsp3) is 0.150. The van der Waals surface area contributed by atoms with Crippen LogP contribution in [0.2, 0.25) is 0 Å². The molecule has 2 aromatic carbocycles. The summed E-state index contributed by atoms with van der Waals surface area (Å²) in [7, 11) is 0. The molecule has 1 aromatic heterocycles. The van der Waals surface area contributed by atoms with Crippen LogP contribution in [0.4, 0.5) is 14.5 Å². The Morgan fingerprint density at radius 3 is 2.41 bits per heavy atom. The van der Waals surface area contributed by atoms with E-state index in [4.69, 9.17) is 0 Å². The van der Waals surface area contributed by atoms with Gasteiger partial charge in [0, 0.05) is 16.6 Å². The molecule has 150 valence electrons. The summed E-state index contributed by atoms with van der Waals surface area (Å²) in [5.74, 6) is -2.94. The predicted octanol–water partition coefficient (Wildman–Crippen LogP) is 4.22.